The van der Waals surface area contributed by atoms with E-state index in [9.17, 15) is 9.59 Å². The maximum atomic E-state index is 12.4. The molecule has 0 radical (unpaired) electrons. The Bertz CT molecular complexity index is 526. The standard InChI is InChI=1S/C14H16BrN3O2/c15-10-3-5-11(6-4-10)18-13(19)12(16-14(18)20)9-17-7-1-2-8-17/h3-6,12H,1-2,7-9H2,(H,16,20). The highest BCUT2D eigenvalue weighted by Gasteiger charge is 2.39. The second kappa shape index (κ2) is 5.54. The van der Waals surface area contributed by atoms with Gasteiger partial charge in [-0.1, -0.05) is 15.9 Å². The lowest BCUT2D eigenvalue weighted by Gasteiger charge is -2.18. The third kappa shape index (κ3) is 2.58. The first-order valence-electron chi connectivity index (χ1n) is 6.77. The molecule has 0 spiro atoms. The van der Waals surface area contributed by atoms with E-state index in [0.717, 1.165) is 17.6 Å². The minimum absolute atomic E-state index is 0.163. The molecular weight excluding hydrogens is 322 g/mol. The fourth-order valence-electron chi connectivity index (χ4n) is 2.71. The number of amides is 3. The highest BCUT2D eigenvalue weighted by molar-refractivity contribution is 9.10. The minimum atomic E-state index is -0.427. The zero-order chi connectivity index (χ0) is 14.1. The van der Waals surface area contributed by atoms with Crippen LogP contribution in [0.15, 0.2) is 28.7 Å². The van der Waals surface area contributed by atoms with E-state index in [1.807, 2.05) is 12.1 Å². The number of hydrogen-bond acceptors (Lipinski definition) is 3. The maximum Gasteiger partial charge on any atom is 0.329 e. The molecule has 2 aliphatic heterocycles. The lowest BCUT2D eigenvalue weighted by molar-refractivity contribution is -0.118. The van der Waals surface area contributed by atoms with Crippen LogP contribution >= 0.6 is 15.9 Å². The van der Waals surface area contributed by atoms with Crippen molar-refractivity contribution in [3.8, 4) is 0 Å². The van der Waals surface area contributed by atoms with Crippen molar-refractivity contribution in [3.63, 3.8) is 0 Å². The van der Waals surface area contributed by atoms with E-state index in [1.54, 1.807) is 12.1 Å². The van der Waals surface area contributed by atoms with E-state index in [0.29, 0.717) is 12.2 Å². The summed E-state index contributed by atoms with van der Waals surface area (Å²) < 4.78 is 0.918. The molecule has 2 fully saturated rings. The number of anilines is 1. The summed E-state index contributed by atoms with van der Waals surface area (Å²) in [5.74, 6) is -0.163. The second-order valence-corrected chi connectivity index (χ2v) is 6.08. The van der Waals surface area contributed by atoms with E-state index >= 15 is 0 Å². The van der Waals surface area contributed by atoms with Crippen molar-refractivity contribution in [1.29, 1.82) is 0 Å². The maximum absolute atomic E-state index is 12.4. The molecular formula is C14H16BrN3O2. The van der Waals surface area contributed by atoms with E-state index in [-0.39, 0.29) is 11.9 Å². The fraction of sp³-hybridized carbons (Fsp3) is 0.429. The SMILES string of the molecule is O=C1NC(CN2CCCC2)C(=O)N1c1ccc(Br)cc1. The van der Waals surface area contributed by atoms with Crippen LogP contribution in [0, 0.1) is 0 Å². The summed E-state index contributed by atoms with van der Waals surface area (Å²) in [6.07, 6.45) is 2.34. The van der Waals surface area contributed by atoms with Crippen molar-refractivity contribution in [2.45, 2.75) is 18.9 Å². The zero-order valence-corrected chi connectivity index (χ0v) is 12.6. The Balaban J connectivity index is 1.74. The van der Waals surface area contributed by atoms with Gasteiger partial charge in [-0.2, -0.15) is 0 Å². The molecule has 0 saturated carbocycles. The summed E-state index contributed by atoms with van der Waals surface area (Å²) in [6, 6.07) is 6.42. The van der Waals surface area contributed by atoms with Crippen molar-refractivity contribution in [3.05, 3.63) is 28.7 Å². The zero-order valence-electron chi connectivity index (χ0n) is 11.0. The van der Waals surface area contributed by atoms with Crippen molar-refractivity contribution < 1.29 is 9.59 Å². The summed E-state index contributed by atoms with van der Waals surface area (Å²) >= 11 is 3.34. The van der Waals surface area contributed by atoms with Gasteiger partial charge in [0.05, 0.1) is 5.69 Å². The first-order chi connectivity index (χ1) is 9.65. The Labute approximate surface area is 126 Å². The van der Waals surface area contributed by atoms with Gasteiger partial charge in [-0.15, -0.1) is 0 Å². The number of hydrogen-bond donors (Lipinski definition) is 1. The molecule has 6 heteroatoms. The molecule has 0 aliphatic carbocycles. The summed E-state index contributed by atoms with van der Waals surface area (Å²) in [4.78, 5) is 27.9. The summed E-state index contributed by atoms with van der Waals surface area (Å²) in [6.45, 7) is 2.63. The average Bonchev–Trinajstić information content (AvgIpc) is 3.02. The van der Waals surface area contributed by atoms with Gasteiger partial charge in [-0.05, 0) is 50.2 Å². The van der Waals surface area contributed by atoms with Crippen LogP contribution in [-0.2, 0) is 4.79 Å². The molecule has 1 aromatic rings. The van der Waals surface area contributed by atoms with Crippen LogP contribution in [0.1, 0.15) is 12.8 Å². The molecule has 3 amide bonds. The highest BCUT2D eigenvalue weighted by Crippen LogP contribution is 2.22. The number of likely N-dealkylation sites (tertiary alicyclic amines) is 1. The van der Waals surface area contributed by atoms with Gasteiger partial charge in [0.15, 0.2) is 0 Å². The predicted octanol–water partition coefficient (Wildman–Crippen LogP) is 1.97. The summed E-state index contributed by atoms with van der Waals surface area (Å²) in [5, 5.41) is 2.78. The topological polar surface area (TPSA) is 52.7 Å². The second-order valence-electron chi connectivity index (χ2n) is 5.16. The molecule has 1 N–H and O–H groups in total. The minimum Gasteiger partial charge on any atom is -0.324 e. The van der Waals surface area contributed by atoms with Gasteiger partial charge in [0.2, 0.25) is 0 Å². The number of halogens is 1. The van der Waals surface area contributed by atoms with E-state index < -0.39 is 6.04 Å². The van der Waals surface area contributed by atoms with Gasteiger partial charge in [0.1, 0.15) is 6.04 Å². The molecule has 1 unspecified atom stereocenters. The number of benzene rings is 1. The molecule has 1 aromatic carbocycles. The molecule has 106 valence electrons. The summed E-state index contributed by atoms with van der Waals surface area (Å²) in [5.41, 5.74) is 0.611. The van der Waals surface area contributed by atoms with Gasteiger partial charge in [-0.3, -0.25) is 4.79 Å². The van der Waals surface area contributed by atoms with E-state index in [4.69, 9.17) is 0 Å². The van der Waals surface area contributed by atoms with Crippen LogP contribution in [0.25, 0.3) is 0 Å². The molecule has 2 saturated heterocycles. The molecule has 20 heavy (non-hydrogen) atoms. The van der Waals surface area contributed by atoms with Crippen molar-refractivity contribution in [2.75, 3.05) is 24.5 Å². The molecule has 2 aliphatic rings. The monoisotopic (exact) mass is 337 g/mol. The number of urea groups is 1. The normalized spacial score (nSPS) is 23.4. The third-order valence-corrected chi connectivity index (χ3v) is 4.27. The Hall–Kier alpha value is -1.40. The Morgan fingerprint density at radius 3 is 2.45 bits per heavy atom. The first-order valence-corrected chi connectivity index (χ1v) is 7.57. The quantitative estimate of drug-likeness (QED) is 0.858. The lowest BCUT2D eigenvalue weighted by atomic mass is 10.2. The predicted molar refractivity (Wildman–Crippen MR) is 79.6 cm³/mol. The van der Waals surface area contributed by atoms with Crippen LogP contribution in [0.4, 0.5) is 10.5 Å². The molecule has 1 atom stereocenters. The Kier molecular flexibility index (Phi) is 3.76. The van der Waals surface area contributed by atoms with Crippen LogP contribution in [0.2, 0.25) is 0 Å². The number of imide groups is 1. The highest BCUT2D eigenvalue weighted by atomic mass is 79.9. The van der Waals surface area contributed by atoms with Crippen LogP contribution in [-0.4, -0.2) is 42.5 Å². The van der Waals surface area contributed by atoms with Gasteiger partial charge >= 0.3 is 6.03 Å². The van der Waals surface area contributed by atoms with Gasteiger partial charge < -0.3 is 10.2 Å². The van der Waals surface area contributed by atoms with Gasteiger partial charge in [0.25, 0.3) is 5.91 Å². The van der Waals surface area contributed by atoms with Crippen LogP contribution in [0.3, 0.4) is 0 Å². The molecule has 3 rings (SSSR count). The molecule has 0 bridgehead atoms. The smallest absolute Gasteiger partial charge is 0.324 e. The fourth-order valence-corrected chi connectivity index (χ4v) is 2.98. The Morgan fingerprint density at radius 1 is 1.15 bits per heavy atom. The van der Waals surface area contributed by atoms with Crippen LogP contribution in [0.5, 0.6) is 0 Å². The van der Waals surface area contributed by atoms with Gasteiger partial charge in [-0.25, -0.2) is 9.69 Å². The van der Waals surface area contributed by atoms with Crippen molar-refractivity contribution >= 4 is 33.6 Å². The number of nitrogens with zero attached hydrogens (tertiary/aromatic N) is 2. The lowest BCUT2D eigenvalue weighted by Crippen LogP contribution is -2.41. The van der Waals surface area contributed by atoms with Crippen LogP contribution < -0.4 is 10.2 Å². The number of carbonyl (C=O) groups is 2. The summed E-state index contributed by atoms with van der Waals surface area (Å²) in [7, 11) is 0. The average molecular weight is 338 g/mol. The number of rotatable bonds is 3. The Morgan fingerprint density at radius 2 is 1.80 bits per heavy atom. The number of carbonyl (C=O) groups excluding carboxylic acids is 2. The largest absolute Gasteiger partial charge is 0.329 e. The van der Waals surface area contributed by atoms with Crippen molar-refractivity contribution in [2.24, 2.45) is 0 Å². The molecule has 0 aromatic heterocycles. The third-order valence-electron chi connectivity index (χ3n) is 3.74. The van der Waals surface area contributed by atoms with E-state index in [2.05, 4.69) is 26.1 Å². The molecule has 5 nitrogen and oxygen atoms in total. The first kappa shape index (κ1) is 13.6. The van der Waals surface area contributed by atoms with Crippen molar-refractivity contribution in [1.82, 2.24) is 10.2 Å². The molecule has 2 heterocycles. The van der Waals surface area contributed by atoms with E-state index in [1.165, 1.54) is 17.7 Å². The van der Waals surface area contributed by atoms with Gasteiger partial charge in [0, 0.05) is 11.0 Å². The number of nitrogens with one attached hydrogen (secondary N) is 1.